The van der Waals surface area contributed by atoms with Crippen molar-refractivity contribution in [3.8, 4) is 0 Å². The van der Waals surface area contributed by atoms with Gasteiger partial charge in [-0.1, -0.05) is 6.92 Å². The number of aliphatic hydroxyl groups is 1. The summed E-state index contributed by atoms with van der Waals surface area (Å²) in [6, 6.07) is -0.431. The topological polar surface area (TPSA) is 98.7 Å². The minimum absolute atomic E-state index is 0.253. The first-order valence-corrected chi connectivity index (χ1v) is 5.42. The first kappa shape index (κ1) is 12.8. The molecule has 0 aromatic rings. The minimum atomic E-state index is -1.55. The number of rotatable bonds is 6. The summed E-state index contributed by atoms with van der Waals surface area (Å²) < 4.78 is 0. The van der Waals surface area contributed by atoms with Crippen LogP contribution in [0, 0.1) is 5.41 Å². The molecule has 6 heteroatoms. The molecule has 1 atom stereocenters. The van der Waals surface area contributed by atoms with Gasteiger partial charge in [0.05, 0.1) is 6.54 Å². The molecular formula is C10H18N2O4. The van der Waals surface area contributed by atoms with Crippen molar-refractivity contribution in [1.82, 2.24) is 10.6 Å². The average Bonchev–Trinajstić information content (AvgIpc) is 3.03. The largest absolute Gasteiger partial charge is 0.479 e. The number of amides is 2. The van der Waals surface area contributed by atoms with Gasteiger partial charge in [-0.15, -0.1) is 0 Å². The number of aliphatic hydroxyl groups excluding tert-OH is 1. The van der Waals surface area contributed by atoms with Gasteiger partial charge in [-0.3, -0.25) is 0 Å². The van der Waals surface area contributed by atoms with E-state index in [0.29, 0.717) is 6.54 Å². The molecule has 0 aliphatic heterocycles. The third-order valence-electron chi connectivity index (χ3n) is 3.07. The van der Waals surface area contributed by atoms with E-state index in [2.05, 4.69) is 17.6 Å². The predicted octanol–water partition coefficient (Wildman–Crippen LogP) is -0.0787. The first-order valence-electron chi connectivity index (χ1n) is 5.42. The van der Waals surface area contributed by atoms with Crippen molar-refractivity contribution in [2.24, 2.45) is 5.41 Å². The smallest absolute Gasteiger partial charge is 0.334 e. The minimum Gasteiger partial charge on any atom is -0.479 e. The molecule has 6 nitrogen and oxygen atoms in total. The van der Waals surface area contributed by atoms with Crippen LogP contribution >= 0.6 is 0 Å². The van der Waals surface area contributed by atoms with E-state index in [-0.39, 0.29) is 12.0 Å². The summed E-state index contributed by atoms with van der Waals surface area (Å²) in [5.41, 5.74) is 0.253. The van der Waals surface area contributed by atoms with E-state index in [0.717, 1.165) is 19.3 Å². The molecule has 2 amide bonds. The number of hydrogen-bond donors (Lipinski definition) is 4. The van der Waals surface area contributed by atoms with Crippen LogP contribution in [0.1, 0.15) is 26.2 Å². The lowest BCUT2D eigenvalue weighted by Crippen LogP contribution is -2.43. The van der Waals surface area contributed by atoms with Gasteiger partial charge in [-0.05, 0) is 24.7 Å². The molecule has 16 heavy (non-hydrogen) atoms. The molecule has 1 aliphatic carbocycles. The summed E-state index contributed by atoms with van der Waals surface area (Å²) in [4.78, 5) is 21.5. The number of carboxylic acids is 1. The van der Waals surface area contributed by atoms with Crippen molar-refractivity contribution in [2.75, 3.05) is 13.1 Å². The fourth-order valence-corrected chi connectivity index (χ4v) is 1.44. The van der Waals surface area contributed by atoms with E-state index in [1.165, 1.54) is 0 Å². The van der Waals surface area contributed by atoms with E-state index in [1.54, 1.807) is 0 Å². The third kappa shape index (κ3) is 3.69. The Bertz CT molecular complexity index is 276. The van der Waals surface area contributed by atoms with Crippen molar-refractivity contribution in [3.63, 3.8) is 0 Å². The zero-order chi connectivity index (χ0) is 12.2. The average molecular weight is 230 g/mol. The number of hydrogen-bond acceptors (Lipinski definition) is 3. The van der Waals surface area contributed by atoms with Crippen LogP contribution in [0.2, 0.25) is 0 Å². The van der Waals surface area contributed by atoms with Gasteiger partial charge in [0.1, 0.15) is 0 Å². The molecule has 0 radical (unpaired) electrons. The normalized spacial score (nSPS) is 18.6. The molecule has 1 unspecified atom stereocenters. The van der Waals surface area contributed by atoms with Crippen LogP contribution in [-0.4, -0.2) is 41.4 Å². The Morgan fingerprint density at radius 1 is 1.38 bits per heavy atom. The molecule has 1 aliphatic rings. The Morgan fingerprint density at radius 2 is 2.00 bits per heavy atom. The Morgan fingerprint density at radius 3 is 2.44 bits per heavy atom. The second-order valence-electron chi connectivity index (χ2n) is 4.27. The summed E-state index contributed by atoms with van der Waals surface area (Å²) in [6.07, 6.45) is 1.74. The van der Waals surface area contributed by atoms with Gasteiger partial charge in [0.15, 0.2) is 6.10 Å². The monoisotopic (exact) mass is 230 g/mol. The third-order valence-corrected chi connectivity index (χ3v) is 3.07. The van der Waals surface area contributed by atoms with Crippen LogP contribution in [-0.2, 0) is 4.79 Å². The van der Waals surface area contributed by atoms with Crippen LogP contribution in [0.5, 0.6) is 0 Å². The molecule has 1 rings (SSSR count). The van der Waals surface area contributed by atoms with Gasteiger partial charge in [0.2, 0.25) is 0 Å². The molecule has 1 saturated carbocycles. The van der Waals surface area contributed by atoms with Gasteiger partial charge in [0.25, 0.3) is 0 Å². The second kappa shape index (κ2) is 5.16. The highest BCUT2D eigenvalue weighted by atomic mass is 16.4. The van der Waals surface area contributed by atoms with Crippen molar-refractivity contribution in [1.29, 1.82) is 0 Å². The molecule has 92 valence electrons. The lowest BCUT2D eigenvalue weighted by Gasteiger charge is -2.14. The highest BCUT2D eigenvalue weighted by Crippen LogP contribution is 2.47. The number of carbonyl (C=O) groups is 2. The number of urea groups is 1. The van der Waals surface area contributed by atoms with E-state index < -0.39 is 18.1 Å². The van der Waals surface area contributed by atoms with E-state index in [4.69, 9.17) is 10.2 Å². The fourth-order valence-electron chi connectivity index (χ4n) is 1.44. The lowest BCUT2D eigenvalue weighted by atomic mass is 10.0. The zero-order valence-corrected chi connectivity index (χ0v) is 9.32. The summed E-state index contributed by atoms with van der Waals surface area (Å²) in [6.45, 7) is 2.42. The van der Waals surface area contributed by atoms with E-state index in [9.17, 15) is 9.59 Å². The fraction of sp³-hybridized carbons (Fsp3) is 0.800. The second-order valence-corrected chi connectivity index (χ2v) is 4.27. The number of carbonyl (C=O) groups excluding carboxylic acids is 1. The summed E-state index contributed by atoms with van der Waals surface area (Å²) in [7, 11) is 0. The van der Waals surface area contributed by atoms with E-state index in [1.807, 2.05) is 0 Å². The molecule has 0 heterocycles. The Balaban J connectivity index is 2.14. The Hall–Kier alpha value is -1.30. The van der Waals surface area contributed by atoms with Gasteiger partial charge in [0, 0.05) is 6.54 Å². The van der Waals surface area contributed by atoms with Gasteiger partial charge >= 0.3 is 12.0 Å². The Kier molecular flexibility index (Phi) is 4.12. The first-order chi connectivity index (χ1) is 7.49. The standard InChI is InChI=1S/C10H18N2O4/c1-2-10(3-4-10)6-12-9(16)11-5-7(13)8(14)15/h7,13H,2-6H2,1H3,(H,14,15)(H2,11,12,16). The molecule has 0 aromatic heterocycles. The zero-order valence-electron chi connectivity index (χ0n) is 9.32. The van der Waals surface area contributed by atoms with Crippen LogP contribution < -0.4 is 10.6 Å². The maximum absolute atomic E-state index is 11.2. The summed E-state index contributed by atoms with van der Waals surface area (Å²) >= 11 is 0. The molecule has 0 saturated heterocycles. The molecule has 0 aromatic carbocycles. The lowest BCUT2D eigenvalue weighted by molar-refractivity contribution is -0.146. The van der Waals surface area contributed by atoms with Gasteiger partial charge < -0.3 is 20.8 Å². The maximum atomic E-state index is 11.2. The van der Waals surface area contributed by atoms with E-state index >= 15 is 0 Å². The quantitative estimate of drug-likeness (QED) is 0.513. The van der Waals surface area contributed by atoms with Crippen molar-refractivity contribution in [2.45, 2.75) is 32.3 Å². The van der Waals surface area contributed by atoms with Crippen molar-refractivity contribution in [3.05, 3.63) is 0 Å². The molecule has 4 N–H and O–H groups in total. The summed E-state index contributed by atoms with van der Waals surface area (Å²) in [5.74, 6) is -1.34. The highest BCUT2D eigenvalue weighted by Gasteiger charge is 2.40. The Labute approximate surface area is 94.0 Å². The SMILES string of the molecule is CCC1(CNC(=O)NCC(O)C(=O)O)CC1. The van der Waals surface area contributed by atoms with Crippen molar-refractivity contribution < 1.29 is 19.8 Å². The van der Waals surface area contributed by atoms with Gasteiger partial charge in [-0.2, -0.15) is 0 Å². The molecule has 0 spiro atoms. The molecular weight excluding hydrogens is 212 g/mol. The van der Waals surface area contributed by atoms with Crippen LogP contribution in [0.25, 0.3) is 0 Å². The van der Waals surface area contributed by atoms with Crippen molar-refractivity contribution >= 4 is 12.0 Å². The highest BCUT2D eigenvalue weighted by molar-refractivity contribution is 5.76. The van der Waals surface area contributed by atoms with Gasteiger partial charge in [-0.25, -0.2) is 9.59 Å². The number of carboxylic acid groups (broad SMARTS) is 1. The molecule has 1 fully saturated rings. The number of nitrogens with one attached hydrogen (secondary N) is 2. The predicted molar refractivity (Wildman–Crippen MR) is 57.0 cm³/mol. The maximum Gasteiger partial charge on any atom is 0.334 e. The summed E-state index contributed by atoms with van der Waals surface area (Å²) in [5, 5.41) is 22.3. The van der Waals surface area contributed by atoms with Crippen LogP contribution in [0.4, 0.5) is 4.79 Å². The van der Waals surface area contributed by atoms with Crippen LogP contribution in [0.15, 0.2) is 0 Å². The van der Waals surface area contributed by atoms with Crippen LogP contribution in [0.3, 0.4) is 0 Å². The molecule has 0 bridgehead atoms. The number of aliphatic carboxylic acids is 1.